The van der Waals surface area contributed by atoms with Gasteiger partial charge in [0.25, 0.3) is 5.56 Å². The van der Waals surface area contributed by atoms with E-state index in [2.05, 4.69) is 15.0 Å². The van der Waals surface area contributed by atoms with Gasteiger partial charge in [-0.25, -0.2) is 9.97 Å². The maximum Gasteiger partial charge on any atom is 0.416 e. The van der Waals surface area contributed by atoms with Crippen LogP contribution in [0.4, 0.5) is 13.2 Å². The fourth-order valence-corrected chi connectivity index (χ4v) is 3.06. The molecule has 1 aromatic carbocycles. The van der Waals surface area contributed by atoms with Crippen molar-refractivity contribution in [3.05, 3.63) is 63.0 Å². The van der Waals surface area contributed by atoms with Crippen molar-refractivity contribution >= 4 is 23.4 Å². The summed E-state index contributed by atoms with van der Waals surface area (Å²) in [6.07, 6.45) is -2.83. The van der Waals surface area contributed by atoms with Crippen LogP contribution >= 0.6 is 23.4 Å². The van der Waals surface area contributed by atoms with E-state index in [1.807, 2.05) is 6.07 Å². The van der Waals surface area contributed by atoms with Crippen LogP contribution in [0, 0.1) is 11.3 Å². The monoisotopic (exact) mass is 422 g/mol. The quantitative estimate of drug-likeness (QED) is 0.373. The SMILES string of the molecule is CSc1nc(-c2ccc(-c3cc(C(F)(F)F)cc(Cl)n3)cc2)c(C#N)c(=O)[nH]1. The Morgan fingerprint density at radius 1 is 1.14 bits per heavy atom. The van der Waals surface area contributed by atoms with E-state index < -0.39 is 17.3 Å². The Morgan fingerprint density at radius 2 is 1.79 bits per heavy atom. The Bertz CT molecular complexity index is 1140. The summed E-state index contributed by atoms with van der Waals surface area (Å²) < 4.78 is 38.9. The molecule has 0 spiro atoms. The van der Waals surface area contributed by atoms with Gasteiger partial charge in [0.15, 0.2) is 5.16 Å². The molecule has 28 heavy (non-hydrogen) atoms. The highest BCUT2D eigenvalue weighted by atomic mass is 35.5. The predicted octanol–water partition coefficient (Wildman–Crippen LogP) is 4.76. The number of halogens is 4. The predicted molar refractivity (Wildman–Crippen MR) is 100 cm³/mol. The van der Waals surface area contributed by atoms with Crippen molar-refractivity contribution in [2.24, 2.45) is 0 Å². The molecular formula is C18H10ClF3N4OS. The van der Waals surface area contributed by atoms with Crippen LogP contribution < -0.4 is 5.56 Å². The number of rotatable bonds is 3. The van der Waals surface area contributed by atoms with Gasteiger partial charge in [-0.1, -0.05) is 47.6 Å². The molecule has 0 radical (unpaired) electrons. The van der Waals surface area contributed by atoms with Crippen molar-refractivity contribution in [3.63, 3.8) is 0 Å². The highest BCUT2D eigenvalue weighted by Crippen LogP contribution is 2.33. The van der Waals surface area contributed by atoms with Crippen LogP contribution in [0.5, 0.6) is 0 Å². The van der Waals surface area contributed by atoms with Gasteiger partial charge in [0, 0.05) is 11.1 Å². The molecule has 0 aliphatic carbocycles. The summed E-state index contributed by atoms with van der Waals surface area (Å²) in [5.74, 6) is 0. The summed E-state index contributed by atoms with van der Waals surface area (Å²) in [4.78, 5) is 22.7. The van der Waals surface area contributed by atoms with E-state index in [1.54, 1.807) is 18.4 Å². The first-order chi connectivity index (χ1) is 13.2. The van der Waals surface area contributed by atoms with E-state index in [1.165, 1.54) is 23.9 Å². The Kier molecular flexibility index (Phi) is 5.45. The lowest BCUT2D eigenvalue weighted by atomic mass is 10.0. The van der Waals surface area contributed by atoms with Gasteiger partial charge in [0.1, 0.15) is 16.8 Å². The molecule has 0 saturated carbocycles. The van der Waals surface area contributed by atoms with Crippen LogP contribution in [0.1, 0.15) is 11.1 Å². The number of hydrogen-bond donors (Lipinski definition) is 1. The molecule has 1 N–H and O–H groups in total. The van der Waals surface area contributed by atoms with Crippen molar-refractivity contribution in [2.75, 3.05) is 6.26 Å². The number of thioether (sulfide) groups is 1. The van der Waals surface area contributed by atoms with Gasteiger partial charge in [0.2, 0.25) is 0 Å². The Labute approximate surface area is 166 Å². The zero-order valence-electron chi connectivity index (χ0n) is 14.1. The maximum absolute atomic E-state index is 13.0. The molecule has 0 saturated heterocycles. The molecule has 3 rings (SSSR count). The first-order valence-corrected chi connectivity index (χ1v) is 9.27. The summed E-state index contributed by atoms with van der Waals surface area (Å²) in [7, 11) is 0. The summed E-state index contributed by atoms with van der Waals surface area (Å²) in [5.41, 5.74) is -0.505. The molecule has 2 aromatic heterocycles. The zero-order valence-corrected chi connectivity index (χ0v) is 15.7. The fraction of sp³-hybridized carbons (Fsp3) is 0.111. The minimum absolute atomic E-state index is 0.0514. The average molecular weight is 423 g/mol. The second-order valence-electron chi connectivity index (χ2n) is 5.55. The standard InChI is InChI=1S/C18H10ClF3N4OS/c1-28-17-25-15(12(8-23)16(27)26-17)10-4-2-9(3-5-10)13-6-11(18(20,21)22)7-14(19)24-13/h2-7H,1H3,(H,25,26,27). The third kappa shape index (κ3) is 4.03. The van der Waals surface area contributed by atoms with Crippen molar-refractivity contribution in [2.45, 2.75) is 11.3 Å². The van der Waals surface area contributed by atoms with Crippen molar-refractivity contribution in [1.29, 1.82) is 5.26 Å². The number of nitriles is 1. The minimum Gasteiger partial charge on any atom is -0.300 e. The molecule has 2 heterocycles. The molecule has 0 aliphatic rings. The number of pyridine rings is 1. The third-order valence-corrected chi connectivity index (χ3v) is 4.55. The molecule has 0 atom stereocenters. The van der Waals surface area contributed by atoms with Crippen LogP contribution in [-0.4, -0.2) is 21.2 Å². The van der Waals surface area contributed by atoms with E-state index in [-0.39, 0.29) is 22.1 Å². The lowest BCUT2D eigenvalue weighted by Gasteiger charge is -2.10. The Balaban J connectivity index is 2.07. The summed E-state index contributed by atoms with van der Waals surface area (Å²) in [6.45, 7) is 0. The Morgan fingerprint density at radius 3 is 2.36 bits per heavy atom. The summed E-state index contributed by atoms with van der Waals surface area (Å²) >= 11 is 6.94. The van der Waals surface area contributed by atoms with E-state index in [0.29, 0.717) is 16.3 Å². The molecule has 3 aromatic rings. The third-order valence-electron chi connectivity index (χ3n) is 3.78. The topological polar surface area (TPSA) is 82.4 Å². The maximum atomic E-state index is 13.0. The first kappa shape index (κ1) is 19.9. The van der Waals surface area contributed by atoms with Crippen LogP contribution in [0.2, 0.25) is 5.15 Å². The largest absolute Gasteiger partial charge is 0.416 e. The van der Waals surface area contributed by atoms with Gasteiger partial charge < -0.3 is 4.98 Å². The highest BCUT2D eigenvalue weighted by Gasteiger charge is 2.31. The van der Waals surface area contributed by atoms with E-state index in [4.69, 9.17) is 11.6 Å². The minimum atomic E-state index is -4.55. The first-order valence-electron chi connectivity index (χ1n) is 7.67. The molecule has 5 nitrogen and oxygen atoms in total. The van der Waals surface area contributed by atoms with Crippen LogP contribution in [-0.2, 0) is 6.18 Å². The molecule has 0 unspecified atom stereocenters. The van der Waals surface area contributed by atoms with Crippen LogP contribution in [0.3, 0.4) is 0 Å². The smallest absolute Gasteiger partial charge is 0.300 e. The molecule has 10 heteroatoms. The number of benzene rings is 1. The van der Waals surface area contributed by atoms with Crippen LogP contribution in [0.15, 0.2) is 46.3 Å². The number of alkyl halides is 3. The lowest BCUT2D eigenvalue weighted by Crippen LogP contribution is -2.14. The summed E-state index contributed by atoms with van der Waals surface area (Å²) in [6, 6.07) is 9.63. The second-order valence-corrected chi connectivity index (χ2v) is 6.73. The fourth-order valence-electron chi connectivity index (χ4n) is 2.47. The number of nitrogens with one attached hydrogen (secondary N) is 1. The van der Waals surface area contributed by atoms with Crippen molar-refractivity contribution < 1.29 is 13.2 Å². The Hall–Kier alpha value is -2.83. The van der Waals surface area contributed by atoms with Gasteiger partial charge >= 0.3 is 6.18 Å². The molecule has 142 valence electrons. The summed E-state index contributed by atoms with van der Waals surface area (Å²) in [5, 5.41) is 9.31. The number of aromatic amines is 1. The van der Waals surface area contributed by atoms with Gasteiger partial charge in [-0.05, 0) is 18.4 Å². The molecule has 0 fully saturated rings. The van der Waals surface area contributed by atoms with E-state index >= 15 is 0 Å². The average Bonchev–Trinajstić information content (AvgIpc) is 2.66. The van der Waals surface area contributed by atoms with Crippen molar-refractivity contribution in [1.82, 2.24) is 15.0 Å². The number of H-pyrrole nitrogens is 1. The number of nitrogens with zero attached hydrogens (tertiary/aromatic N) is 3. The molecule has 0 aliphatic heterocycles. The lowest BCUT2D eigenvalue weighted by molar-refractivity contribution is -0.137. The van der Waals surface area contributed by atoms with E-state index in [9.17, 15) is 23.2 Å². The van der Waals surface area contributed by atoms with E-state index in [0.717, 1.165) is 12.1 Å². The van der Waals surface area contributed by atoms with Gasteiger partial charge in [-0.15, -0.1) is 0 Å². The van der Waals surface area contributed by atoms with Crippen LogP contribution in [0.25, 0.3) is 22.5 Å². The van der Waals surface area contributed by atoms with Crippen molar-refractivity contribution in [3.8, 4) is 28.6 Å². The number of aromatic nitrogens is 3. The van der Waals surface area contributed by atoms with Gasteiger partial charge in [0.05, 0.1) is 17.0 Å². The second kappa shape index (κ2) is 7.66. The number of hydrogen-bond acceptors (Lipinski definition) is 5. The molecule has 0 amide bonds. The van der Waals surface area contributed by atoms with Gasteiger partial charge in [-0.3, -0.25) is 4.79 Å². The molecular weight excluding hydrogens is 413 g/mol. The molecule has 0 bridgehead atoms. The normalized spacial score (nSPS) is 11.3. The zero-order chi connectivity index (χ0) is 20.5. The highest BCUT2D eigenvalue weighted by molar-refractivity contribution is 7.98. The van der Waals surface area contributed by atoms with Gasteiger partial charge in [-0.2, -0.15) is 18.4 Å².